The molecule has 1 heterocycles. The summed E-state index contributed by atoms with van der Waals surface area (Å²) in [7, 11) is 0. The van der Waals surface area contributed by atoms with E-state index in [0.29, 0.717) is 28.2 Å². The predicted molar refractivity (Wildman–Crippen MR) is 104 cm³/mol. The van der Waals surface area contributed by atoms with Gasteiger partial charge in [-0.3, -0.25) is 4.79 Å². The lowest BCUT2D eigenvalue weighted by Crippen LogP contribution is -2.14. The van der Waals surface area contributed by atoms with E-state index in [2.05, 4.69) is 15.9 Å². The van der Waals surface area contributed by atoms with Crippen LogP contribution in [-0.4, -0.2) is 19.2 Å². The standard InChI is InChI=1S/C20H17BrO6/c1-3-24-18(22)11-25-13-8-9-14-17(10-13)26-12(2)20(19(14)23)27-16-7-5-4-6-15(16)21/h4-10H,3,11H2,1-2H3. The fraction of sp³-hybridized carbons (Fsp3) is 0.200. The molecule has 0 amide bonds. The Balaban J connectivity index is 1.91. The SMILES string of the molecule is CCOC(=O)COc1ccc2c(=O)c(Oc3ccccc3Br)c(C)oc2c1. The number of aryl methyl sites for hydroxylation is 1. The molecule has 0 saturated carbocycles. The van der Waals surface area contributed by atoms with Gasteiger partial charge in [0.05, 0.1) is 16.5 Å². The molecule has 0 spiro atoms. The van der Waals surface area contributed by atoms with E-state index in [4.69, 9.17) is 18.6 Å². The monoisotopic (exact) mass is 432 g/mol. The van der Waals surface area contributed by atoms with Crippen molar-refractivity contribution in [1.82, 2.24) is 0 Å². The second kappa shape index (κ2) is 8.26. The molecule has 6 nitrogen and oxygen atoms in total. The zero-order valence-corrected chi connectivity index (χ0v) is 16.4. The lowest BCUT2D eigenvalue weighted by Gasteiger charge is -2.11. The summed E-state index contributed by atoms with van der Waals surface area (Å²) in [6.45, 7) is 3.44. The molecule has 0 atom stereocenters. The van der Waals surface area contributed by atoms with Crippen LogP contribution in [0.15, 0.2) is 56.1 Å². The fourth-order valence-electron chi connectivity index (χ4n) is 2.46. The minimum atomic E-state index is -0.465. The minimum Gasteiger partial charge on any atom is -0.482 e. The van der Waals surface area contributed by atoms with E-state index < -0.39 is 5.97 Å². The van der Waals surface area contributed by atoms with Gasteiger partial charge in [-0.2, -0.15) is 0 Å². The summed E-state index contributed by atoms with van der Waals surface area (Å²) in [6, 6.07) is 12.0. The van der Waals surface area contributed by atoms with Crippen LogP contribution < -0.4 is 14.9 Å². The first-order chi connectivity index (χ1) is 13.0. The van der Waals surface area contributed by atoms with E-state index >= 15 is 0 Å². The third-order valence-corrected chi connectivity index (χ3v) is 4.35. The highest BCUT2D eigenvalue weighted by Gasteiger charge is 2.16. The Morgan fingerprint density at radius 3 is 2.70 bits per heavy atom. The number of hydrogen-bond acceptors (Lipinski definition) is 6. The molecular formula is C20H17BrO6. The Bertz CT molecular complexity index is 1040. The van der Waals surface area contributed by atoms with Crippen LogP contribution in [0.25, 0.3) is 11.0 Å². The predicted octanol–water partition coefficient (Wildman–Crippen LogP) is 4.60. The van der Waals surface area contributed by atoms with E-state index in [1.165, 1.54) is 0 Å². The maximum Gasteiger partial charge on any atom is 0.344 e. The van der Waals surface area contributed by atoms with Gasteiger partial charge < -0.3 is 18.6 Å². The van der Waals surface area contributed by atoms with Gasteiger partial charge in [0.15, 0.2) is 6.61 Å². The molecular weight excluding hydrogens is 416 g/mol. The van der Waals surface area contributed by atoms with Gasteiger partial charge in [-0.15, -0.1) is 0 Å². The van der Waals surface area contributed by atoms with E-state index in [0.717, 1.165) is 4.47 Å². The van der Waals surface area contributed by atoms with Crippen molar-refractivity contribution >= 4 is 32.9 Å². The van der Waals surface area contributed by atoms with E-state index in [1.807, 2.05) is 18.2 Å². The van der Waals surface area contributed by atoms with E-state index in [1.54, 1.807) is 38.1 Å². The highest BCUT2D eigenvalue weighted by molar-refractivity contribution is 9.10. The molecule has 0 unspecified atom stereocenters. The van der Waals surface area contributed by atoms with Crippen molar-refractivity contribution in [3.63, 3.8) is 0 Å². The lowest BCUT2D eigenvalue weighted by molar-refractivity contribution is -0.145. The molecule has 27 heavy (non-hydrogen) atoms. The molecule has 0 aliphatic heterocycles. The van der Waals surface area contributed by atoms with Crippen LogP contribution >= 0.6 is 15.9 Å². The molecule has 0 fully saturated rings. The second-order valence-electron chi connectivity index (χ2n) is 5.60. The number of halogens is 1. The molecule has 1 aromatic heterocycles. The highest BCUT2D eigenvalue weighted by atomic mass is 79.9. The molecule has 3 rings (SSSR count). The van der Waals surface area contributed by atoms with Crippen molar-refractivity contribution in [2.45, 2.75) is 13.8 Å². The van der Waals surface area contributed by atoms with Gasteiger partial charge >= 0.3 is 5.97 Å². The average Bonchev–Trinajstić information content (AvgIpc) is 2.65. The number of rotatable bonds is 6. The lowest BCUT2D eigenvalue weighted by atomic mass is 10.2. The van der Waals surface area contributed by atoms with Gasteiger partial charge in [-0.25, -0.2) is 4.79 Å². The van der Waals surface area contributed by atoms with Gasteiger partial charge in [0, 0.05) is 6.07 Å². The van der Waals surface area contributed by atoms with Crippen molar-refractivity contribution in [2.75, 3.05) is 13.2 Å². The first-order valence-corrected chi connectivity index (χ1v) is 9.07. The Morgan fingerprint density at radius 1 is 1.19 bits per heavy atom. The Morgan fingerprint density at radius 2 is 1.96 bits per heavy atom. The number of carbonyl (C=O) groups is 1. The normalized spacial score (nSPS) is 10.6. The number of fused-ring (bicyclic) bond motifs is 1. The molecule has 140 valence electrons. The third-order valence-electron chi connectivity index (χ3n) is 3.70. The minimum absolute atomic E-state index is 0.120. The quantitative estimate of drug-likeness (QED) is 0.529. The molecule has 0 aliphatic carbocycles. The first kappa shape index (κ1) is 19.0. The van der Waals surface area contributed by atoms with Crippen molar-refractivity contribution in [1.29, 1.82) is 0 Å². The van der Waals surface area contributed by atoms with Crippen LogP contribution in [0.4, 0.5) is 0 Å². The van der Waals surface area contributed by atoms with Crippen LogP contribution in [0.2, 0.25) is 0 Å². The highest BCUT2D eigenvalue weighted by Crippen LogP contribution is 2.31. The van der Waals surface area contributed by atoms with Crippen molar-refractivity contribution in [2.24, 2.45) is 0 Å². The maximum atomic E-state index is 12.8. The van der Waals surface area contributed by atoms with E-state index in [9.17, 15) is 9.59 Å². The summed E-state index contributed by atoms with van der Waals surface area (Å²) in [6.07, 6.45) is 0. The van der Waals surface area contributed by atoms with Crippen LogP contribution in [0.1, 0.15) is 12.7 Å². The van der Waals surface area contributed by atoms with Gasteiger partial charge in [0.1, 0.15) is 22.8 Å². The summed E-state index contributed by atoms with van der Waals surface area (Å²) >= 11 is 3.39. The number of hydrogen-bond donors (Lipinski definition) is 0. The zero-order chi connectivity index (χ0) is 19.4. The van der Waals surface area contributed by atoms with Gasteiger partial charge in [0.2, 0.25) is 11.2 Å². The Labute approximate surface area is 163 Å². The summed E-state index contributed by atoms with van der Waals surface area (Å²) in [5, 5.41) is 0.353. The second-order valence-corrected chi connectivity index (χ2v) is 6.45. The topological polar surface area (TPSA) is 75.0 Å². The number of para-hydroxylation sites is 1. The zero-order valence-electron chi connectivity index (χ0n) is 14.8. The Kier molecular flexibility index (Phi) is 5.81. The Hall–Kier alpha value is -2.80. The number of benzene rings is 2. The maximum absolute atomic E-state index is 12.8. The number of carbonyl (C=O) groups excluding carboxylic acids is 1. The summed E-state index contributed by atoms with van der Waals surface area (Å²) in [5.41, 5.74) is 0.0554. The van der Waals surface area contributed by atoms with Gasteiger partial charge in [-0.05, 0) is 54.0 Å². The van der Waals surface area contributed by atoms with Crippen molar-refractivity contribution in [3.8, 4) is 17.2 Å². The molecule has 0 N–H and O–H groups in total. The third kappa shape index (κ3) is 4.31. The van der Waals surface area contributed by atoms with Crippen LogP contribution in [0.5, 0.6) is 17.2 Å². The van der Waals surface area contributed by atoms with Crippen LogP contribution in [0.3, 0.4) is 0 Å². The molecule has 0 bridgehead atoms. The van der Waals surface area contributed by atoms with E-state index in [-0.39, 0.29) is 24.4 Å². The molecule has 7 heteroatoms. The smallest absolute Gasteiger partial charge is 0.344 e. The summed E-state index contributed by atoms with van der Waals surface area (Å²) in [4.78, 5) is 24.2. The van der Waals surface area contributed by atoms with Gasteiger partial charge in [0.25, 0.3) is 0 Å². The number of ether oxygens (including phenoxy) is 3. The van der Waals surface area contributed by atoms with Gasteiger partial charge in [-0.1, -0.05) is 12.1 Å². The van der Waals surface area contributed by atoms with Crippen molar-refractivity contribution < 1.29 is 23.4 Å². The molecule has 3 aromatic rings. The molecule has 0 aliphatic rings. The summed E-state index contributed by atoms with van der Waals surface area (Å²) in [5.74, 6) is 0.909. The molecule has 0 radical (unpaired) electrons. The average molecular weight is 433 g/mol. The van der Waals surface area contributed by atoms with Crippen LogP contribution in [0, 0.1) is 6.92 Å². The first-order valence-electron chi connectivity index (χ1n) is 8.28. The van der Waals surface area contributed by atoms with Crippen molar-refractivity contribution in [3.05, 3.63) is 62.9 Å². The fourth-order valence-corrected chi connectivity index (χ4v) is 2.82. The molecule has 2 aromatic carbocycles. The number of esters is 1. The summed E-state index contributed by atoms with van der Waals surface area (Å²) < 4.78 is 22.4. The largest absolute Gasteiger partial charge is 0.482 e. The van der Waals surface area contributed by atoms with Crippen LogP contribution in [-0.2, 0) is 9.53 Å². The molecule has 0 saturated heterocycles.